The Labute approximate surface area is 151 Å². The number of aromatic nitrogens is 6. The van der Waals surface area contributed by atoms with Crippen molar-refractivity contribution in [3.8, 4) is 0 Å². The Balaban J connectivity index is 1.42. The van der Waals surface area contributed by atoms with Crippen LogP contribution in [0.15, 0.2) is 18.7 Å². The van der Waals surface area contributed by atoms with Gasteiger partial charge in [-0.05, 0) is 32.6 Å². The van der Waals surface area contributed by atoms with Gasteiger partial charge in [-0.15, -0.1) is 10.2 Å². The molecule has 3 aromatic heterocycles. The maximum Gasteiger partial charge on any atom is 0.203 e. The second-order valence-corrected chi connectivity index (χ2v) is 7.01. The standard InChI is InChI=1S/C18H22N8/c1-13-21-15-5-2-4-14(15)16(22-13)24-7-3-8-25(11-10-24)17-18-23-20-12-26(18)9-6-19-17/h6,9,12H,2-5,7-8,10-11H2,1H3. The number of rotatable bonds is 2. The van der Waals surface area contributed by atoms with Gasteiger partial charge in [0.1, 0.15) is 18.0 Å². The summed E-state index contributed by atoms with van der Waals surface area (Å²) in [4.78, 5) is 18.8. The van der Waals surface area contributed by atoms with Crippen LogP contribution in [-0.4, -0.2) is 55.7 Å². The van der Waals surface area contributed by atoms with E-state index in [0.717, 1.165) is 68.5 Å². The minimum absolute atomic E-state index is 0.819. The summed E-state index contributed by atoms with van der Waals surface area (Å²) in [5, 5.41) is 8.25. The second kappa shape index (κ2) is 6.19. The molecule has 1 aliphatic carbocycles. The van der Waals surface area contributed by atoms with Crippen LogP contribution in [0, 0.1) is 6.92 Å². The van der Waals surface area contributed by atoms with Crippen LogP contribution >= 0.6 is 0 Å². The van der Waals surface area contributed by atoms with E-state index in [4.69, 9.17) is 4.98 Å². The lowest BCUT2D eigenvalue weighted by molar-refractivity contribution is 0.783. The average molecular weight is 350 g/mol. The van der Waals surface area contributed by atoms with Gasteiger partial charge in [0.05, 0.1) is 0 Å². The van der Waals surface area contributed by atoms with Crippen molar-refractivity contribution in [1.29, 1.82) is 0 Å². The summed E-state index contributed by atoms with van der Waals surface area (Å²) in [6.45, 7) is 5.80. The van der Waals surface area contributed by atoms with Crippen LogP contribution in [0.3, 0.4) is 0 Å². The fourth-order valence-electron chi connectivity index (χ4n) is 4.10. The van der Waals surface area contributed by atoms with E-state index in [9.17, 15) is 0 Å². The van der Waals surface area contributed by atoms with E-state index in [2.05, 4.69) is 30.0 Å². The Morgan fingerprint density at radius 1 is 0.923 bits per heavy atom. The smallest absolute Gasteiger partial charge is 0.203 e. The van der Waals surface area contributed by atoms with Gasteiger partial charge in [0.2, 0.25) is 5.65 Å². The quantitative estimate of drug-likeness (QED) is 0.692. The molecule has 5 rings (SSSR count). The third kappa shape index (κ3) is 2.56. The van der Waals surface area contributed by atoms with E-state index in [0.29, 0.717) is 0 Å². The molecule has 1 saturated heterocycles. The van der Waals surface area contributed by atoms with E-state index in [1.807, 2.05) is 23.7 Å². The summed E-state index contributed by atoms with van der Waals surface area (Å²) in [6, 6.07) is 0. The molecule has 1 aliphatic heterocycles. The minimum Gasteiger partial charge on any atom is -0.354 e. The van der Waals surface area contributed by atoms with Gasteiger partial charge in [-0.25, -0.2) is 15.0 Å². The molecule has 0 unspecified atom stereocenters. The number of hydrogen-bond acceptors (Lipinski definition) is 7. The largest absolute Gasteiger partial charge is 0.354 e. The second-order valence-electron chi connectivity index (χ2n) is 7.01. The molecule has 134 valence electrons. The first-order valence-corrected chi connectivity index (χ1v) is 9.30. The molecule has 26 heavy (non-hydrogen) atoms. The maximum absolute atomic E-state index is 4.80. The zero-order chi connectivity index (χ0) is 17.5. The molecule has 0 aromatic carbocycles. The Kier molecular flexibility index (Phi) is 3.69. The van der Waals surface area contributed by atoms with E-state index in [1.165, 1.54) is 17.7 Å². The lowest BCUT2D eigenvalue weighted by atomic mass is 10.2. The number of aryl methyl sites for hydroxylation is 2. The lowest BCUT2D eigenvalue weighted by Gasteiger charge is -2.25. The third-order valence-electron chi connectivity index (χ3n) is 5.32. The van der Waals surface area contributed by atoms with Crippen LogP contribution in [0.5, 0.6) is 0 Å². The first-order chi connectivity index (χ1) is 12.8. The predicted octanol–water partition coefficient (Wildman–Crippen LogP) is 1.43. The SMILES string of the molecule is Cc1nc2c(c(N3CCCN(c4nccn5cnnc45)CC3)n1)CCC2. The van der Waals surface area contributed by atoms with Crippen LogP contribution < -0.4 is 9.80 Å². The van der Waals surface area contributed by atoms with E-state index in [1.54, 1.807) is 6.33 Å². The van der Waals surface area contributed by atoms with E-state index < -0.39 is 0 Å². The molecule has 8 nitrogen and oxygen atoms in total. The molecule has 4 heterocycles. The Bertz CT molecular complexity index is 950. The van der Waals surface area contributed by atoms with Crippen LogP contribution in [0.25, 0.3) is 5.65 Å². The van der Waals surface area contributed by atoms with Gasteiger partial charge in [-0.3, -0.25) is 4.40 Å². The van der Waals surface area contributed by atoms with Crippen molar-refractivity contribution >= 4 is 17.3 Å². The van der Waals surface area contributed by atoms with Crippen molar-refractivity contribution < 1.29 is 0 Å². The van der Waals surface area contributed by atoms with Gasteiger partial charge >= 0.3 is 0 Å². The molecule has 0 amide bonds. The molecular formula is C18H22N8. The molecule has 0 radical (unpaired) electrons. The van der Waals surface area contributed by atoms with Crippen molar-refractivity contribution in [2.45, 2.75) is 32.6 Å². The molecule has 0 spiro atoms. The number of nitrogens with zero attached hydrogens (tertiary/aromatic N) is 8. The highest BCUT2D eigenvalue weighted by Crippen LogP contribution is 2.30. The monoisotopic (exact) mass is 350 g/mol. The van der Waals surface area contributed by atoms with Crippen LogP contribution in [0.2, 0.25) is 0 Å². The molecule has 0 saturated carbocycles. The number of anilines is 2. The fraction of sp³-hybridized carbons (Fsp3) is 0.500. The highest BCUT2D eigenvalue weighted by atomic mass is 15.3. The molecule has 3 aromatic rings. The molecular weight excluding hydrogens is 328 g/mol. The van der Waals surface area contributed by atoms with Crippen molar-refractivity contribution in [1.82, 2.24) is 29.5 Å². The predicted molar refractivity (Wildman–Crippen MR) is 98.6 cm³/mol. The zero-order valence-electron chi connectivity index (χ0n) is 15.0. The highest BCUT2D eigenvalue weighted by molar-refractivity contribution is 5.63. The molecule has 0 atom stereocenters. The highest BCUT2D eigenvalue weighted by Gasteiger charge is 2.25. The first kappa shape index (κ1) is 15.5. The summed E-state index contributed by atoms with van der Waals surface area (Å²) in [7, 11) is 0. The minimum atomic E-state index is 0.819. The van der Waals surface area contributed by atoms with Gasteiger partial charge in [0, 0.05) is 49.8 Å². The fourth-order valence-corrected chi connectivity index (χ4v) is 4.10. The first-order valence-electron chi connectivity index (χ1n) is 9.30. The number of hydrogen-bond donors (Lipinski definition) is 0. The third-order valence-corrected chi connectivity index (χ3v) is 5.32. The molecule has 0 N–H and O–H groups in total. The van der Waals surface area contributed by atoms with Crippen molar-refractivity contribution in [2.24, 2.45) is 0 Å². The molecule has 2 aliphatic rings. The van der Waals surface area contributed by atoms with Crippen molar-refractivity contribution in [2.75, 3.05) is 36.0 Å². The van der Waals surface area contributed by atoms with Gasteiger partial charge < -0.3 is 9.80 Å². The van der Waals surface area contributed by atoms with Crippen LogP contribution in [0.1, 0.15) is 29.9 Å². The summed E-state index contributed by atoms with van der Waals surface area (Å²) in [5.74, 6) is 2.95. The van der Waals surface area contributed by atoms with E-state index >= 15 is 0 Å². The Morgan fingerprint density at radius 3 is 2.65 bits per heavy atom. The topological polar surface area (TPSA) is 75.3 Å². The lowest BCUT2D eigenvalue weighted by Crippen LogP contribution is -2.32. The maximum atomic E-state index is 4.80. The van der Waals surface area contributed by atoms with Gasteiger partial charge in [0.25, 0.3) is 0 Å². The summed E-state index contributed by atoms with van der Waals surface area (Å²) in [5.41, 5.74) is 3.44. The summed E-state index contributed by atoms with van der Waals surface area (Å²) in [6.07, 6.45) is 9.87. The van der Waals surface area contributed by atoms with Crippen LogP contribution in [-0.2, 0) is 12.8 Å². The normalized spacial score (nSPS) is 17.6. The zero-order valence-corrected chi connectivity index (χ0v) is 15.0. The van der Waals surface area contributed by atoms with Crippen molar-refractivity contribution in [3.05, 3.63) is 35.8 Å². The summed E-state index contributed by atoms with van der Waals surface area (Å²) >= 11 is 0. The van der Waals surface area contributed by atoms with Crippen molar-refractivity contribution in [3.63, 3.8) is 0 Å². The Hall–Kier alpha value is -2.77. The summed E-state index contributed by atoms with van der Waals surface area (Å²) < 4.78 is 1.92. The van der Waals surface area contributed by atoms with Gasteiger partial charge in [0.15, 0.2) is 5.82 Å². The molecule has 1 fully saturated rings. The van der Waals surface area contributed by atoms with Gasteiger partial charge in [-0.1, -0.05) is 0 Å². The molecule has 8 heteroatoms. The van der Waals surface area contributed by atoms with Gasteiger partial charge in [-0.2, -0.15) is 0 Å². The number of fused-ring (bicyclic) bond motifs is 2. The Morgan fingerprint density at radius 2 is 1.77 bits per heavy atom. The molecule has 0 bridgehead atoms. The van der Waals surface area contributed by atoms with Crippen LogP contribution in [0.4, 0.5) is 11.6 Å². The van der Waals surface area contributed by atoms with E-state index in [-0.39, 0.29) is 0 Å². The average Bonchev–Trinajstić information content (AvgIpc) is 3.24.